The number of nitrogens with zero attached hydrogens (tertiary/aromatic N) is 4. The van der Waals surface area contributed by atoms with Gasteiger partial charge in [-0.15, -0.1) is 5.10 Å². The first kappa shape index (κ1) is 14.8. The van der Waals surface area contributed by atoms with Gasteiger partial charge < -0.3 is 0 Å². The fraction of sp³-hybridized carbons (Fsp3) is 0.278. The van der Waals surface area contributed by atoms with Gasteiger partial charge in [0, 0.05) is 18.0 Å². The van der Waals surface area contributed by atoms with E-state index in [9.17, 15) is 9.18 Å². The van der Waals surface area contributed by atoms with Crippen molar-refractivity contribution in [3.05, 3.63) is 65.1 Å². The van der Waals surface area contributed by atoms with Gasteiger partial charge in [0.25, 0.3) is 0 Å². The van der Waals surface area contributed by atoms with E-state index in [1.807, 2.05) is 12.1 Å². The molecule has 0 bridgehead atoms. The molecule has 2 heterocycles. The number of benzene rings is 1. The van der Waals surface area contributed by atoms with Gasteiger partial charge in [-0.25, -0.2) is 18.4 Å². The fourth-order valence-electron chi connectivity index (χ4n) is 3.28. The average molecular weight is 324 g/mol. The number of pyridine rings is 1. The van der Waals surface area contributed by atoms with Crippen molar-refractivity contribution in [2.24, 2.45) is 0 Å². The first-order valence-corrected chi connectivity index (χ1v) is 8.12. The Morgan fingerprint density at radius 1 is 1.00 bits per heavy atom. The van der Waals surface area contributed by atoms with E-state index in [1.165, 1.54) is 12.1 Å². The molecular weight excluding hydrogens is 307 g/mol. The van der Waals surface area contributed by atoms with Crippen LogP contribution in [0.1, 0.15) is 31.7 Å². The molecule has 5 nitrogen and oxygen atoms in total. The highest BCUT2D eigenvalue weighted by atomic mass is 19.1. The zero-order chi connectivity index (χ0) is 16.5. The summed E-state index contributed by atoms with van der Waals surface area (Å²) in [6.07, 6.45) is 7.51. The van der Waals surface area contributed by atoms with Crippen LogP contribution in [0, 0.1) is 5.82 Å². The second-order valence-electron chi connectivity index (χ2n) is 6.04. The second kappa shape index (κ2) is 6.03. The van der Waals surface area contributed by atoms with E-state index in [0.29, 0.717) is 11.5 Å². The summed E-state index contributed by atoms with van der Waals surface area (Å²) in [5, 5.41) is 4.61. The van der Waals surface area contributed by atoms with Crippen LogP contribution in [0.5, 0.6) is 0 Å². The molecule has 1 saturated carbocycles. The van der Waals surface area contributed by atoms with Crippen molar-refractivity contribution in [1.82, 2.24) is 19.3 Å². The molecule has 1 fully saturated rings. The minimum atomic E-state index is -0.333. The third-order valence-electron chi connectivity index (χ3n) is 4.50. The van der Waals surface area contributed by atoms with Crippen molar-refractivity contribution in [3.63, 3.8) is 0 Å². The molecule has 122 valence electrons. The summed E-state index contributed by atoms with van der Waals surface area (Å²) in [5.41, 5.74) is 1.24. The van der Waals surface area contributed by atoms with Crippen LogP contribution in [0.3, 0.4) is 0 Å². The quantitative estimate of drug-likeness (QED) is 0.742. The van der Waals surface area contributed by atoms with E-state index >= 15 is 0 Å². The van der Waals surface area contributed by atoms with Gasteiger partial charge >= 0.3 is 5.69 Å². The lowest BCUT2D eigenvalue weighted by Gasteiger charge is -2.06. The van der Waals surface area contributed by atoms with E-state index in [0.717, 1.165) is 31.2 Å². The maximum absolute atomic E-state index is 13.3. The molecule has 4 rings (SSSR count). The molecule has 0 N–H and O–H groups in total. The van der Waals surface area contributed by atoms with Gasteiger partial charge in [-0.2, -0.15) is 0 Å². The minimum absolute atomic E-state index is 0.139. The summed E-state index contributed by atoms with van der Waals surface area (Å²) in [5.74, 6) is 0.223. The molecule has 0 spiro atoms. The van der Waals surface area contributed by atoms with E-state index in [1.54, 1.807) is 33.8 Å². The molecule has 6 heteroatoms. The van der Waals surface area contributed by atoms with E-state index in [-0.39, 0.29) is 17.5 Å². The Balaban J connectivity index is 1.92. The number of aromatic nitrogens is 4. The molecule has 0 radical (unpaired) electrons. The van der Waals surface area contributed by atoms with Crippen molar-refractivity contribution < 1.29 is 4.39 Å². The number of hydrogen-bond acceptors (Lipinski definition) is 3. The molecule has 0 unspecified atom stereocenters. The minimum Gasteiger partial charge on any atom is -0.265 e. The summed E-state index contributed by atoms with van der Waals surface area (Å²) in [4.78, 5) is 17.0. The highest BCUT2D eigenvalue weighted by Gasteiger charge is 2.24. The molecule has 0 amide bonds. The van der Waals surface area contributed by atoms with Gasteiger partial charge in [-0.1, -0.05) is 12.8 Å². The van der Waals surface area contributed by atoms with Crippen molar-refractivity contribution in [2.45, 2.75) is 31.7 Å². The van der Waals surface area contributed by atoms with Gasteiger partial charge in [0.05, 0.1) is 11.7 Å². The summed E-state index contributed by atoms with van der Waals surface area (Å²) in [7, 11) is 0. The van der Waals surface area contributed by atoms with Crippen molar-refractivity contribution >= 4 is 0 Å². The predicted octanol–water partition coefficient (Wildman–Crippen LogP) is 3.35. The summed E-state index contributed by atoms with van der Waals surface area (Å²) in [6, 6.07) is 9.68. The standard InChI is InChI=1S/C18H17FN4O/c19-14-5-7-15(8-6-14)22-17(13-9-11-20-12-10-13)21-23(18(22)24)16-3-1-2-4-16/h5-12,16H,1-4H2. The molecule has 3 aromatic rings. The molecule has 24 heavy (non-hydrogen) atoms. The zero-order valence-electron chi connectivity index (χ0n) is 13.1. The fourth-order valence-corrected chi connectivity index (χ4v) is 3.28. The average Bonchev–Trinajstić information content (AvgIpc) is 3.24. The van der Waals surface area contributed by atoms with Crippen molar-refractivity contribution in [2.75, 3.05) is 0 Å². The van der Waals surface area contributed by atoms with E-state index < -0.39 is 0 Å². The van der Waals surface area contributed by atoms with Gasteiger partial charge in [0.1, 0.15) is 5.82 Å². The first-order chi connectivity index (χ1) is 11.7. The lowest BCUT2D eigenvalue weighted by molar-refractivity contribution is 0.450. The molecular formula is C18H17FN4O. The first-order valence-electron chi connectivity index (χ1n) is 8.12. The molecule has 1 aromatic carbocycles. The highest BCUT2D eigenvalue weighted by molar-refractivity contribution is 5.57. The van der Waals surface area contributed by atoms with Crippen LogP contribution in [-0.2, 0) is 0 Å². The van der Waals surface area contributed by atoms with Gasteiger partial charge in [-0.05, 0) is 49.2 Å². The molecule has 1 aliphatic carbocycles. The lowest BCUT2D eigenvalue weighted by Crippen LogP contribution is -2.26. The van der Waals surface area contributed by atoms with Gasteiger partial charge in [0.2, 0.25) is 0 Å². The number of rotatable bonds is 3. The van der Waals surface area contributed by atoms with Crippen LogP contribution < -0.4 is 5.69 Å². The molecule has 0 aliphatic heterocycles. The molecule has 0 saturated heterocycles. The van der Waals surface area contributed by atoms with Crippen LogP contribution in [0.4, 0.5) is 4.39 Å². The third-order valence-corrected chi connectivity index (χ3v) is 4.50. The smallest absolute Gasteiger partial charge is 0.265 e. The number of halogens is 1. The third kappa shape index (κ3) is 2.54. The lowest BCUT2D eigenvalue weighted by atomic mass is 10.2. The maximum atomic E-state index is 13.3. The Hall–Kier alpha value is -2.76. The Morgan fingerprint density at radius 2 is 1.67 bits per heavy atom. The van der Waals surface area contributed by atoms with Crippen LogP contribution in [0.2, 0.25) is 0 Å². The molecule has 2 aromatic heterocycles. The Labute approximate surface area is 138 Å². The highest BCUT2D eigenvalue weighted by Crippen LogP contribution is 2.29. The topological polar surface area (TPSA) is 52.7 Å². The van der Waals surface area contributed by atoms with Crippen LogP contribution in [0.15, 0.2) is 53.6 Å². The summed E-state index contributed by atoms with van der Waals surface area (Å²) in [6.45, 7) is 0. The zero-order valence-corrected chi connectivity index (χ0v) is 13.1. The van der Waals surface area contributed by atoms with Crippen LogP contribution in [-0.4, -0.2) is 19.3 Å². The molecule has 0 atom stereocenters. The Morgan fingerprint density at radius 3 is 2.33 bits per heavy atom. The largest absolute Gasteiger partial charge is 0.351 e. The van der Waals surface area contributed by atoms with E-state index in [2.05, 4.69) is 10.1 Å². The van der Waals surface area contributed by atoms with Crippen molar-refractivity contribution in [1.29, 1.82) is 0 Å². The SMILES string of the molecule is O=c1n(C2CCCC2)nc(-c2ccncc2)n1-c1ccc(F)cc1. The second-order valence-corrected chi connectivity index (χ2v) is 6.04. The normalized spacial score (nSPS) is 15.0. The monoisotopic (exact) mass is 324 g/mol. The van der Waals surface area contributed by atoms with Crippen LogP contribution >= 0.6 is 0 Å². The Bertz CT molecular complexity index is 893. The summed E-state index contributed by atoms with van der Waals surface area (Å²) < 4.78 is 16.4. The number of hydrogen-bond donors (Lipinski definition) is 0. The van der Waals surface area contributed by atoms with Crippen molar-refractivity contribution in [3.8, 4) is 17.1 Å². The maximum Gasteiger partial charge on any atom is 0.351 e. The van der Waals surface area contributed by atoms with Gasteiger partial charge in [-0.3, -0.25) is 4.98 Å². The van der Waals surface area contributed by atoms with E-state index in [4.69, 9.17) is 0 Å². The summed E-state index contributed by atoms with van der Waals surface area (Å²) >= 11 is 0. The Kier molecular flexibility index (Phi) is 3.72. The molecule has 1 aliphatic rings. The predicted molar refractivity (Wildman–Crippen MR) is 88.5 cm³/mol. The van der Waals surface area contributed by atoms with Crippen LogP contribution in [0.25, 0.3) is 17.1 Å². The van der Waals surface area contributed by atoms with Gasteiger partial charge in [0.15, 0.2) is 5.82 Å².